The second-order valence-electron chi connectivity index (χ2n) is 6.14. The minimum Gasteiger partial charge on any atom is -0.372 e. The lowest BCUT2D eigenvalue weighted by Crippen LogP contribution is -2.35. The van der Waals surface area contributed by atoms with Gasteiger partial charge in [-0.15, -0.1) is 0 Å². The Balaban J connectivity index is 2.13. The Morgan fingerprint density at radius 2 is 2.05 bits per heavy atom. The number of anilines is 2. The molecule has 0 saturated carbocycles. The minimum absolute atomic E-state index is 0.0637. The number of nitrogens with zero attached hydrogens (tertiary/aromatic N) is 1. The molecular formula is C17H25N3O2. The van der Waals surface area contributed by atoms with Crippen molar-refractivity contribution in [2.24, 2.45) is 5.41 Å². The summed E-state index contributed by atoms with van der Waals surface area (Å²) in [6, 6.07) is 6.05. The van der Waals surface area contributed by atoms with Crippen molar-refractivity contribution in [1.29, 1.82) is 0 Å². The van der Waals surface area contributed by atoms with Crippen LogP contribution in [0.4, 0.5) is 11.4 Å². The van der Waals surface area contributed by atoms with Gasteiger partial charge in [-0.05, 0) is 51.5 Å². The summed E-state index contributed by atoms with van der Waals surface area (Å²) in [6.07, 6.45) is 0.245. The maximum absolute atomic E-state index is 12.5. The van der Waals surface area contributed by atoms with Crippen LogP contribution in [0.5, 0.6) is 0 Å². The number of benzene rings is 1. The van der Waals surface area contributed by atoms with Gasteiger partial charge in [-0.1, -0.05) is 0 Å². The molecule has 5 heteroatoms. The van der Waals surface area contributed by atoms with Gasteiger partial charge in [0.05, 0.1) is 5.41 Å². The van der Waals surface area contributed by atoms with Gasteiger partial charge in [0, 0.05) is 37.4 Å². The predicted molar refractivity (Wildman–Crippen MR) is 89.1 cm³/mol. The Morgan fingerprint density at radius 1 is 1.36 bits per heavy atom. The molecule has 1 heterocycles. The normalized spacial score (nSPS) is 20.6. The first kappa shape index (κ1) is 16.3. The van der Waals surface area contributed by atoms with E-state index in [0.717, 1.165) is 30.0 Å². The average Bonchev–Trinajstić information content (AvgIpc) is 2.84. The Labute approximate surface area is 132 Å². The number of rotatable bonds is 5. The molecule has 2 rings (SSSR count). The average molecular weight is 303 g/mol. The molecule has 0 spiro atoms. The molecule has 1 aromatic rings. The molecule has 1 aromatic carbocycles. The van der Waals surface area contributed by atoms with E-state index in [4.69, 9.17) is 0 Å². The number of carbonyl (C=O) groups excluding carboxylic acids is 2. The summed E-state index contributed by atoms with van der Waals surface area (Å²) < 4.78 is 0. The van der Waals surface area contributed by atoms with Crippen LogP contribution in [0.2, 0.25) is 0 Å². The van der Waals surface area contributed by atoms with Crippen LogP contribution < -0.4 is 15.5 Å². The third-order valence-electron chi connectivity index (χ3n) is 4.36. The van der Waals surface area contributed by atoms with E-state index in [9.17, 15) is 9.59 Å². The van der Waals surface area contributed by atoms with E-state index in [-0.39, 0.29) is 18.2 Å². The Morgan fingerprint density at radius 3 is 2.55 bits per heavy atom. The van der Waals surface area contributed by atoms with E-state index < -0.39 is 5.41 Å². The van der Waals surface area contributed by atoms with Crippen LogP contribution >= 0.6 is 0 Å². The maximum atomic E-state index is 12.5. The molecule has 120 valence electrons. The smallest absolute Gasteiger partial charge is 0.232 e. The standard InChI is InChI=1S/C17H25N3O2/c1-5-20(6-2)13-7-8-14(12(3)9-13)19-16(22)17(4)10-15(21)18-11-17/h7-9H,5-6,10-11H2,1-4H3,(H,18,21)(H,19,22). The largest absolute Gasteiger partial charge is 0.372 e. The number of aryl methyl sites for hydroxylation is 1. The van der Waals surface area contributed by atoms with Gasteiger partial charge in [0.25, 0.3) is 0 Å². The fourth-order valence-electron chi connectivity index (χ4n) is 2.78. The number of nitrogens with one attached hydrogen (secondary N) is 2. The van der Waals surface area contributed by atoms with Crippen molar-refractivity contribution in [2.45, 2.75) is 34.1 Å². The summed E-state index contributed by atoms with van der Waals surface area (Å²) in [5.41, 5.74) is 2.32. The zero-order valence-electron chi connectivity index (χ0n) is 13.8. The van der Waals surface area contributed by atoms with E-state index >= 15 is 0 Å². The number of hydrogen-bond donors (Lipinski definition) is 2. The predicted octanol–water partition coefficient (Wildman–Crippen LogP) is 2.31. The molecule has 1 saturated heterocycles. The van der Waals surface area contributed by atoms with Crippen LogP contribution in [0.3, 0.4) is 0 Å². The van der Waals surface area contributed by atoms with Gasteiger partial charge in [0.1, 0.15) is 0 Å². The summed E-state index contributed by atoms with van der Waals surface area (Å²) in [4.78, 5) is 26.1. The first-order valence-corrected chi connectivity index (χ1v) is 7.83. The van der Waals surface area contributed by atoms with E-state index in [1.54, 1.807) is 0 Å². The van der Waals surface area contributed by atoms with Crippen LogP contribution in [0, 0.1) is 12.3 Å². The zero-order chi connectivity index (χ0) is 16.3. The highest BCUT2D eigenvalue weighted by Gasteiger charge is 2.40. The van der Waals surface area contributed by atoms with E-state index in [0.29, 0.717) is 6.54 Å². The summed E-state index contributed by atoms with van der Waals surface area (Å²) in [5.74, 6) is -0.171. The lowest BCUT2D eigenvalue weighted by Gasteiger charge is -2.24. The molecule has 0 aliphatic carbocycles. The van der Waals surface area contributed by atoms with Crippen molar-refractivity contribution in [3.05, 3.63) is 23.8 Å². The fraction of sp³-hybridized carbons (Fsp3) is 0.529. The molecule has 1 atom stereocenters. The van der Waals surface area contributed by atoms with Crippen molar-refractivity contribution in [3.63, 3.8) is 0 Å². The van der Waals surface area contributed by atoms with Crippen molar-refractivity contribution in [1.82, 2.24) is 5.32 Å². The van der Waals surface area contributed by atoms with Gasteiger partial charge in [0.2, 0.25) is 11.8 Å². The van der Waals surface area contributed by atoms with Crippen LogP contribution in [-0.2, 0) is 9.59 Å². The second-order valence-corrected chi connectivity index (χ2v) is 6.14. The molecule has 1 aliphatic heterocycles. The fourth-order valence-corrected chi connectivity index (χ4v) is 2.78. The van der Waals surface area contributed by atoms with Crippen molar-refractivity contribution in [3.8, 4) is 0 Å². The summed E-state index contributed by atoms with van der Waals surface area (Å²) in [7, 11) is 0. The highest BCUT2D eigenvalue weighted by atomic mass is 16.2. The molecule has 22 heavy (non-hydrogen) atoms. The van der Waals surface area contributed by atoms with E-state index in [1.165, 1.54) is 0 Å². The number of carbonyl (C=O) groups is 2. The molecule has 2 amide bonds. The van der Waals surface area contributed by atoms with Crippen LogP contribution in [0.25, 0.3) is 0 Å². The molecule has 1 aliphatic rings. The van der Waals surface area contributed by atoms with Crippen LogP contribution in [0.1, 0.15) is 32.8 Å². The van der Waals surface area contributed by atoms with Crippen molar-refractivity contribution >= 4 is 23.2 Å². The highest BCUT2D eigenvalue weighted by Crippen LogP contribution is 2.29. The highest BCUT2D eigenvalue weighted by molar-refractivity contribution is 6.00. The molecule has 2 N–H and O–H groups in total. The molecule has 0 radical (unpaired) electrons. The third-order valence-corrected chi connectivity index (χ3v) is 4.36. The van der Waals surface area contributed by atoms with Gasteiger partial charge in [-0.2, -0.15) is 0 Å². The van der Waals surface area contributed by atoms with Crippen LogP contribution in [-0.4, -0.2) is 31.4 Å². The molecule has 0 aromatic heterocycles. The lowest BCUT2D eigenvalue weighted by atomic mass is 9.88. The van der Waals surface area contributed by atoms with Crippen molar-refractivity contribution < 1.29 is 9.59 Å². The molecule has 1 fully saturated rings. The van der Waals surface area contributed by atoms with Crippen LogP contribution in [0.15, 0.2) is 18.2 Å². The van der Waals surface area contributed by atoms with Gasteiger partial charge >= 0.3 is 0 Å². The minimum atomic E-state index is -0.666. The Hall–Kier alpha value is -2.04. The molecule has 0 bridgehead atoms. The third kappa shape index (κ3) is 3.24. The molecule has 5 nitrogen and oxygen atoms in total. The number of hydrogen-bond acceptors (Lipinski definition) is 3. The zero-order valence-corrected chi connectivity index (χ0v) is 13.8. The van der Waals surface area contributed by atoms with Gasteiger partial charge < -0.3 is 15.5 Å². The first-order chi connectivity index (χ1) is 10.4. The van der Waals surface area contributed by atoms with Gasteiger partial charge in [-0.3, -0.25) is 9.59 Å². The number of amides is 2. The summed E-state index contributed by atoms with van der Waals surface area (Å²) >= 11 is 0. The SMILES string of the molecule is CCN(CC)c1ccc(NC(=O)C2(C)CNC(=O)C2)c(C)c1. The quantitative estimate of drug-likeness (QED) is 0.877. The molecule has 1 unspecified atom stereocenters. The maximum Gasteiger partial charge on any atom is 0.232 e. The Bertz CT molecular complexity index is 581. The van der Waals surface area contributed by atoms with Gasteiger partial charge in [0.15, 0.2) is 0 Å². The van der Waals surface area contributed by atoms with E-state index in [2.05, 4.69) is 35.4 Å². The van der Waals surface area contributed by atoms with Gasteiger partial charge in [-0.25, -0.2) is 0 Å². The first-order valence-electron chi connectivity index (χ1n) is 7.83. The van der Waals surface area contributed by atoms with Crippen molar-refractivity contribution in [2.75, 3.05) is 29.9 Å². The molecular weight excluding hydrogens is 278 g/mol. The summed E-state index contributed by atoms with van der Waals surface area (Å²) in [6.45, 7) is 10.4. The Kier molecular flexibility index (Phi) is 4.74. The summed E-state index contributed by atoms with van der Waals surface area (Å²) in [5, 5.41) is 5.69. The lowest BCUT2D eigenvalue weighted by molar-refractivity contribution is -0.126. The van der Waals surface area contributed by atoms with E-state index in [1.807, 2.05) is 26.0 Å². The second kappa shape index (κ2) is 6.38. The monoisotopic (exact) mass is 303 g/mol. The topological polar surface area (TPSA) is 61.4 Å².